The zero-order chi connectivity index (χ0) is 18.4. The predicted octanol–water partition coefficient (Wildman–Crippen LogP) is 3.43. The van der Waals surface area contributed by atoms with Crippen LogP contribution in [0.2, 0.25) is 0 Å². The Hall–Kier alpha value is -2.10. The number of aryl methyl sites for hydroxylation is 1. The largest absolute Gasteiger partial charge is 0.342 e. The lowest BCUT2D eigenvalue weighted by Crippen LogP contribution is -2.50. The number of piperidine rings is 1. The van der Waals surface area contributed by atoms with Crippen molar-refractivity contribution in [1.82, 2.24) is 9.80 Å². The molecule has 2 fully saturated rings. The molecule has 0 aromatic heterocycles. The van der Waals surface area contributed by atoms with Crippen molar-refractivity contribution in [2.24, 2.45) is 5.41 Å². The first kappa shape index (κ1) is 18.7. The fourth-order valence-electron chi connectivity index (χ4n) is 4.33. The van der Waals surface area contributed by atoms with Crippen molar-refractivity contribution in [3.8, 4) is 0 Å². The molecular weight excluding hydrogens is 324 g/mol. The molecule has 2 amide bonds. The van der Waals surface area contributed by atoms with Gasteiger partial charge >= 0.3 is 0 Å². The third kappa shape index (κ3) is 4.17. The smallest absolute Gasteiger partial charge is 0.230 e. The zero-order valence-corrected chi connectivity index (χ0v) is 15.7. The van der Waals surface area contributed by atoms with Gasteiger partial charge in [0.1, 0.15) is 0 Å². The van der Waals surface area contributed by atoms with Gasteiger partial charge in [0.15, 0.2) is 0 Å². The van der Waals surface area contributed by atoms with Gasteiger partial charge in [-0.3, -0.25) is 9.59 Å². The van der Waals surface area contributed by atoms with Crippen molar-refractivity contribution >= 4 is 11.8 Å². The van der Waals surface area contributed by atoms with Gasteiger partial charge in [-0.2, -0.15) is 0 Å². The van der Waals surface area contributed by atoms with E-state index in [2.05, 4.69) is 30.8 Å². The lowest BCUT2D eigenvalue weighted by Gasteiger charge is -2.39. The van der Waals surface area contributed by atoms with Crippen molar-refractivity contribution in [2.75, 3.05) is 26.2 Å². The van der Waals surface area contributed by atoms with Crippen LogP contribution in [0.5, 0.6) is 0 Å². The van der Waals surface area contributed by atoms with E-state index in [-0.39, 0.29) is 17.2 Å². The third-order valence-electron chi connectivity index (χ3n) is 5.83. The summed E-state index contributed by atoms with van der Waals surface area (Å²) in [5.41, 5.74) is 1.00. The van der Waals surface area contributed by atoms with E-state index in [0.717, 1.165) is 51.7 Å². The zero-order valence-electron chi connectivity index (χ0n) is 15.7. The second kappa shape index (κ2) is 8.52. The van der Waals surface area contributed by atoms with Crippen LogP contribution >= 0.6 is 0 Å². The van der Waals surface area contributed by atoms with Gasteiger partial charge in [0.25, 0.3) is 0 Å². The highest BCUT2D eigenvalue weighted by Crippen LogP contribution is 2.40. The molecule has 0 N–H and O–H groups in total. The average Bonchev–Trinajstić information content (AvgIpc) is 3.09. The summed E-state index contributed by atoms with van der Waals surface area (Å²) in [5, 5.41) is 0. The lowest BCUT2D eigenvalue weighted by molar-refractivity contribution is -0.146. The van der Waals surface area contributed by atoms with Crippen LogP contribution in [0.15, 0.2) is 43.0 Å². The number of rotatable bonds is 7. The maximum absolute atomic E-state index is 13.1. The summed E-state index contributed by atoms with van der Waals surface area (Å²) in [5.74, 6) is 0.437. The summed E-state index contributed by atoms with van der Waals surface area (Å²) < 4.78 is 0. The molecule has 0 aliphatic carbocycles. The topological polar surface area (TPSA) is 40.6 Å². The highest BCUT2D eigenvalue weighted by Gasteiger charge is 2.48. The molecule has 2 aliphatic rings. The molecule has 2 heterocycles. The minimum atomic E-state index is -0.325. The van der Waals surface area contributed by atoms with Crippen LogP contribution in [0.4, 0.5) is 0 Å². The molecule has 4 nitrogen and oxygen atoms in total. The molecule has 1 spiro atoms. The minimum absolute atomic E-state index is 0.163. The van der Waals surface area contributed by atoms with Crippen molar-refractivity contribution in [2.45, 2.75) is 44.9 Å². The van der Waals surface area contributed by atoms with Crippen LogP contribution in [-0.2, 0) is 16.0 Å². The van der Waals surface area contributed by atoms with Gasteiger partial charge in [-0.05, 0) is 44.1 Å². The molecule has 0 radical (unpaired) electrons. The van der Waals surface area contributed by atoms with Gasteiger partial charge in [0, 0.05) is 32.6 Å². The number of likely N-dealkylation sites (tertiary alicyclic amines) is 2. The van der Waals surface area contributed by atoms with Gasteiger partial charge in [0.2, 0.25) is 11.8 Å². The maximum Gasteiger partial charge on any atom is 0.230 e. The second-order valence-electron chi connectivity index (χ2n) is 7.66. The third-order valence-corrected chi connectivity index (χ3v) is 5.83. The highest BCUT2D eigenvalue weighted by molar-refractivity contribution is 5.86. The lowest BCUT2D eigenvalue weighted by atomic mass is 9.78. The molecule has 140 valence electrons. The maximum atomic E-state index is 13.1. The van der Waals surface area contributed by atoms with Gasteiger partial charge in [-0.25, -0.2) is 0 Å². The monoisotopic (exact) mass is 354 g/mol. The van der Waals surface area contributed by atoms with Gasteiger partial charge in [-0.15, -0.1) is 6.58 Å². The Labute approximate surface area is 156 Å². The normalized spacial score (nSPS) is 22.8. The molecule has 0 bridgehead atoms. The standard InChI is InChI=1S/C22H30N2O2/c1-2-3-12-20(25)24-17-14-22(18-24)13-8-16-23(21(22)26)15-7-11-19-9-5-4-6-10-19/h2,4-6,9-10H,1,3,7-8,11-18H2. The SMILES string of the molecule is C=CCCC(=O)N1CCC2(CCCN(CCCc3ccccc3)C2=O)C1. The number of hydrogen-bond acceptors (Lipinski definition) is 2. The Morgan fingerprint density at radius 3 is 2.77 bits per heavy atom. The first-order valence-corrected chi connectivity index (χ1v) is 9.87. The Morgan fingerprint density at radius 1 is 1.19 bits per heavy atom. The number of nitrogens with zero attached hydrogens (tertiary/aromatic N) is 2. The number of amides is 2. The average molecular weight is 354 g/mol. The van der Waals surface area contributed by atoms with Gasteiger partial charge < -0.3 is 9.80 Å². The van der Waals surface area contributed by atoms with Crippen molar-refractivity contribution in [3.63, 3.8) is 0 Å². The van der Waals surface area contributed by atoms with Crippen LogP contribution in [0.25, 0.3) is 0 Å². The summed E-state index contributed by atoms with van der Waals surface area (Å²) in [4.78, 5) is 29.4. The molecule has 2 aliphatic heterocycles. The molecular formula is C22H30N2O2. The molecule has 1 unspecified atom stereocenters. The van der Waals surface area contributed by atoms with Crippen LogP contribution in [0.3, 0.4) is 0 Å². The number of benzene rings is 1. The van der Waals surface area contributed by atoms with Gasteiger partial charge in [0.05, 0.1) is 5.41 Å². The summed E-state index contributed by atoms with van der Waals surface area (Å²) >= 11 is 0. The van der Waals surface area contributed by atoms with E-state index < -0.39 is 0 Å². The Balaban J connectivity index is 1.54. The quantitative estimate of drug-likeness (QED) is 0.704. The number of hydrogen-bond donors (Lipinski definition) is 0. The molecule has 1 atom stereocenters. The fraction of sp³-hybridized carbons (Fsp3) is 0.545. The number of carbonyl (C=O) groups is 2. The van der Waals surface area contributed by atoms with Crippen LogP contribution < -0.4 is 0 Å². The fourth-order valence-corrected chi connectivity index (χ4v) is 4.33. The molecule has 1 aromatic carbocycles. The van der Waals surface area contributed by atoms with E-state index in [1.54, 1.807) is 6.08 Å². The van der Waals surface area contributed by atoms with Gasteiger partial charge in [-0.1, -0.05) is 36.4 Å². The first-order chi connectivity index (χ1) is 12.6. The molecule has 4 heteroatoms. The molecule has 2 saturated heterocycles. The summed E-state index contributed by atoms with van der Waals surface area (Å²) in [6.07, 6.45) is 7.79. The summed E-state index contributed by atoms with van der Waals surface area (Å²) in [6, 6.07) is 10.4. The Kier molecular flexibility index (Phi) is 6.12. The molecule has 1 aromatic rings. The molecule has 26 heavy (non-hydrogen) atoms. The minimum Gasteiger partial charge on any atom is -0.342 e. The van der Waals surface area contributed by atoms with E-state index in [0.29, 0.717) is 19.4 Å². The highest BCUT2D eigenvalue weighted by atomic mass is 16.2. The van der Waals surface area contributed by atoms with Crippen LogP contribution in [0, 0.1) is 5.41 Å². The molecule has 0 saturated carbocycles. The van der Waals surface area contributed by atoms with Crippen molar-refractivity contribution in [1.29, 1.82) is 0 Å². The van der Waals surface area contributed by atoms with E-state index in [1.807, 2.05) is 15.9 Å². The summed E-state index contributed by atoms with van der Waals surface area (Å²) in [6.45, 7) is 6.69. The van der Waals surface area contributed by atoms with E-state index >= 15 is 0 Å². The number of carbonyl (C=O) groups excluding carboxylic acids is 2. The second-order valence-corrected chi connectivity index (χ2v) is 7.66. The first-order valence-electron chi connectivity index (χ1n) is 9.87. The Bertz CT molecular complexity index is 643. The van der Waals surface area contributed by atoms with E-state index in [4.69, 9.17) is 0 Å². The van der Waals surface area contributed by atoms with Crippen LogP contribution in [-0.4, -0.2) is 47.8 Å². The van der Waals surface area contributed by atoms with Crippen molar-refractivity contribution < 1.29 is 9.59 Å². The van der Waals surface area contributed by atoms with Crippen LogP contribution in [0.1, 0.15) is 44.1 Å². The number of allylic oxidation sites excluding steroid dienone is 1. The van der Waals surface area contributed by atoms with Crippen molar-refractivity contribution in [3.05, 3.63) is 48.6 Å². The Morgan fingerprint density at radius 2 is 2.00 bits per heavy atom. The molecule has 3 rings (SSSR count). The predicted molar refractivity (Wildman–Crippen MR) is 104 cm³/mol. The van der Waals surface area contributed by atoms with E-state index in [9.17, 15) is 9.59 Å². The van der Waals surface area contributed by atoms with E-state index in [1.165, 1.54) is 5.56 Å². The summed E-state index contributed by atoms with van der Waals surface area (Å²) in [7, 11) is 0.